The van der Waals surface area contributed by atoms with Gasteiger partial charge in [-0.05, 0) is 61.7 Å². The van der Waals surface area contributed by atoms with Crippen LogP contribution in [0.3, 0.4) is 0 Å². The molecule has 1 aromatic heterocycles. The van der Waals surface area contributed by atoms with Crippen molar-refractivity contribution in [3.63, 3.8) is 0 Å². The summed E-state index contributed by atoms with van der Waals surface area (Å²) in [5, 5.41) is 11.9. The molecule has 1 aliphatic rings. The average Bonchev–Trinajstić information content (AvgIpc) is 3.54. The molecule has 8 heteroatoms. The van der Waals surface area contributed by atoms with Gasteiger partial charge in [-0.2, -0.15) is 0 Å². The van der Waals surface area contributed by atoms with Gasteiger partial charge >= 0.3 is 5.91 Å². The molecule has 1 N–H and O–H groups in total. The Morgan fingerprint density at radius 3 is 2.37 bits per heavy atom. The summed E-state index contributed by atoms with van der Waals surface area (Å²) in [6.45, 7) is 6.53. The second kappa shape index (κ2) is 11.7. The van der Waals surface area contributed by atoms with Gasteiger partial charge in [-0.3, -0.25) is 14.5 Å². The number of ketones is 1. The Bertz CT molecular complexity index is 1860. The standard InChI is InChI=1S/C35H30N2O5S/c1-4-41-28-19-25(15-17-27(28)42-20-23-8-6-5-7-9-23)31-30(32(38)24-13-10-21(2)11-14-24)33(39)34(40)37(31)35-36-26-16-12-22(3)18-29(26)43-35/h5-19,31,38H,4,20H2,1-3H3. The fourth-order valence-electron chi connectivity index (χ4n) is 5.15. The third-order valence-corrected chi connectivity index (χ3v) is 8.35. The number of Topliss-reactive ketones (excluding diaryl/α,β-unsaturated/α-hetero) is 1. The van der Waals surface area contributed by atoms with Crippen LogP contribution in [0.25, 0.3) is 16.0 Å². The average molecular weight is 591 g/mol. The summed E-state index contributed by atoms with van der Waals surface area (Å²) in [7, 11) is 0. The normalized spacial score (nSPS) is 16.2. The Kier molecular flexibility index (Phi) is 7.69. The minimum absolute atomic E-state index is 0.00954. The number of rotatable bonds is 8. The molecular weight excluding hydrogens is 560 g/mol. The molecule has 0 spiro atoms. The number of aliphatic hydroxyl groups excluding tert-OH is 1. The molecule has 6 rings (SSSR count). The van der Waals surface area contributed by atoms with Crippen LogP contribution in [-0.4, -0.2) is 28.4 Å². The van der Waals surface area contributed by atoms with Gasteiger partial charge in [-0.1, -0.05) is 83.6 Å². The molecule has 1 amide bonds. The Hall–Kier alpha value is -4.95. The predicted molar refractivity (Wildman–Crippen MR) is 169 cm³/mol. The third kappa shape index (κ3) is 5.49. The van der Waals surface area contributed by atoms with Gasteiger partial charge in [-0.15, -0.1) is 0 Å². The minimum atomic E-state index is -0.939. The van der Waals surface area contributed by atoms with E-state index in [9.17, 15) is 14.7 Å². The van der Waals surface area contributed by atoms with Crippen LogP contribution in [0.5, 0.6) is 11.5 Å². The van der Waals surface area contributed by atoms with E-state index in [0.29, 0.717) is 41.0 Å². The van der Waals surface area contributed by atoms with Crippen LogP contribution < -0.4 is 14.4 Å². The van der Waals surface area contributed by atoms with E-state index in [0.717, 1.165) is 26.9 Å². The maximum absolute atomic E-state index is 13.7. The van der Waals surface area contributed by atoms with E-state index in [1.54, 1.807) is 30.3 Å². The predicted octanol–water partition coefficient (Wildman–Crippen LogP) is 7.52. The van der Waals surface area contributed by atoms with E-state index in [4.69, 9.17) is 14.5 Å². The van der Waals surface area contributed by atoms with Crippen LogP contribution in [-0.2, 0) is 16.2 Å². The fraction of sp³-hybridized carbons (Fsp3) is 0.171. The molecule has 1 fully saturated rings. The maximum atomic E-state index is 13.7. The van der Waals surface area contributed by atoms with E-state index in [2.05, 4.69) is 0 Å². The lowest BCUT2D eigenvalue weighted by Crippen LogP contribution is -2.29. The van der Waals surface area contributed by atoms with Gasteiger partial charge in [0, 0.05) is 5.56 Å². The first-order chi connectivity index (χ1) is 20.8. The summed E-state index contributed by atoms with van der Waals surface area (Å²) in [5.74, 6) is -0.778. The van der Waals surface area contributed by atoms with Crippen molar-refractivity contribution in [2.75, 3.05) is 11.5 Å². The molecule has 7 nitrogen and oxygen atoms in total. The zero-order chi connectivity index (χ0) is 30.1. The summed E-state index contributed by atoms with van der Waals surface area (Å²) in [6, 6.07) is 27.2. The van der Waals surface area contributed by atoms with E-state index in [1.165, 1.54) is 16.2 Å². The zero-order valence-electron chi connectivity index (χ0n) is 24.0. The highest BCUT2D eigenvalue weighted by atomic mass is 32.1. The van der Waals surface area contributed by atoms with Gasteiger partial charge in [0.25, 0.3) is 5.78 Å². The van der Waals surface area contributed by atoms with Gasteiger partial charge in [-0.25, -0.2) is 4.98 Å². The number of hydrogen-bond acceptors (Lipinski definition) is 7. The quantitative estimate of drug-likeness (QED) is 0.114. The number of carbonyl (C=O) groups is 2. The maximum Gasteiger partial charge on any atom is 0.301 e. The number of nitrogens with zero attached hydrogens (tertiary/aromatic N) is 2. The summed E-state index contributed by atoms with van der Waals surface area (Å²) >= 11 is 1.33. The molecule has 1 saturated heterocycles. The molecule has 216 valence electrons. The Balaban J connectivity index is 1.49. The van der Waals surface area contributed by atoms with E-state index in [1.807, 2.05) is 81.4 Å². The molecule has 0 radical (unpaired) electrons. The molecular formula is C35H30N2O5S. The number of amides is 1. The van der Waals surface area contributed by atoms with E-state index in [-0.39, 0.29) is 11.3 Å². The summed E-state index contributed by atoms with van der Waals surface area (Å²) in [4.78, 5) is 33.5. The number of aliphatic hydroxyl groups is 1. The number of fused-ring (bicyclic) bond motifs is 1. The van der Waals surface area contributed by atoms with Crippen molar-refractivity contribution in [3.05, 3.63) is 124 Å². The highest BCUT2D eigenvalue weighted by Crippen LogP contribution is 2.46. The van der Waals surface area contributed by atoms with E-state index >= 15 is 0 Å². The van der Waals surface area contributed by atoms with Gasteiger partial charge in [0.2, 0.25) is 0 Å². The molecule has 0 bridgehead atoms. The number of ether oxygens (including phenoxy) is 2. The number of thiazole rings is 1. The first-order valence-electron chi connectivity index (χ1n) is 14.0. The number of anilines is 1. The van der Waals surface area contributed by atoms with Crippen LogP contribution in [0.2, 0.25) is 0 Å². The highest BCUT2D eigenvalue weighted by Gasteiger charge is 2.48. The second-order valence-corrected chi connectivity index (χ2v) is 11.4. The topological polar surface area (TPSA) is 89.0 Å². The van der Waals surface area contributed by atoms with Crippen molar-refractivity contribution < 1.29 is 24.2 Å². The Labute approximate surface area is 253 Å². The molecule has 4 aromatic carbocycles. The van der Waals surface area contributed by atoms with Crippen LogP contribution in [0, 0.1) is 13.8 Å². The molecule has 5 aromatic rings. The van der Waals surface area contributed by atoms with Gasteiger partial charge in [0.1, 0.15) is 12.4 Å². The number of benzene rings is 4. The molecule has 0 aliphatic carbocycles. The smallest absolute Gasteiger partial charge is 0.301 e. The number of hydrogen-bond donors (Lipinski definition) is 1. The van der Waals surface area contributed by atoms with Gasteiger partial charge < -0.3 is 14.6 Å². The Morgan fingerprint density at radius 2 is 1.63 bits per heavy atom. The number of carbonyl (C=O) groups excluding carboxylic acids is 2. The zero-order valence-corrected chi connectivity index (χ0v) is 24.9. The first kappa shape index (κ1) is 28.2. The lowest BCUT2D eigenvalue weighted by Gasteiger charge is -2.24. The molecule has 43 heavy (non-hydrogen) atoms. The SMILES string of the molecule is CCOc1cc(C2C(=C(O)c3ccc(C)cc3)C(=O)C(=O)N2c2nc3ccc(C)cc3s2)ccc1OCc1ccccc1. The van der Waals surface area contributed by atoms with Crippen molar-refractivity contribution in [1.29, 1.82) is 0 Å². The summed E-state index contributed by atoms with van der Waals surface area (Å²) < 4.78 is 13.0. The number of aromatic nitrogens is 1. The Morgan fingerprint density at radius 1 is 0.884 bits per heavy atom. The lowest BCUT2D eigenvalue weighted by atomic mass is 9.95. The van der Waals surface area contributed by atoms with E-state index < -0.39 is 17.7 Å². The van der Waals surface area contributed by atoms with Crippen molar-refractivity contribution in [2.45, 2.75) is 33.4 Å². The van der Waals surface area contributed by atoms with Gasteiger partial charge in [0.05, 0.1) is 28.4 Å². The van der Waals surface area contributed by atoms with Crippen LogP contribution >= 0.6 is 11.3 Å². The highest BCUT2D eigenvalue weighted by molar-refractivity contribution is 7.22. The monoisotopic (exact) mass is 590 g/mol. The fourth-order valence-corrected chi connectivity index (χ4v) is 6.24. The van der Waals surface area contributed by atoms with Crippen LogP contribution in [0.15, 0.2) is 96.6 Å². The first-order valence-corrected chi connectivity index (χ1v) is 14.8. The molecule has 2 heterocycles. The van der Waals surface area contributed by atoms with Crippen LogP contribution in [0.4, 0.5) is 5.13 Å². The molecule has 0 saturated carbocycles. The minimum Gasteiger partial charge on any atom is -0.507 e. The molecule has 1 atom stereocenters. The summed E-state index contributed by atoms with van der Waals surface area (Å²) in [6.07, 6.45) is 0. The van der Waals surface area contributed by atoms with Crippen molar-refractivity contribution >= 4 is 44.1 Å². The third-order valence-electron chi connectivity index (χ3n) is 7.33. The largest absolute Gasteiger partial charge is 0.507 e. The van der Waals surface area contributed by atoms with Crippen LogP contribution in [0.1, 0.15) is 40.8 Å². The van der Waals surface area contributed by atoms with Crippen molar-refractivity contribution in [3.8, 4) is 11.5 Å². The number of aryl methyl sites for hydroxylation is 2. The lowest BCUT2D eigenvalue weighted by molar-refractivity contribution is -0.132. The second-order valence-electron chi connectivity index (χ2n) is 10.4. The summed E-state index contributed by atoms with van der Waals surface area (Å²) in [5.41, 5.74) is 4.82. The molecule has 1 aliphatic heterocycles. The van der Waals surface area contributed by atoms with Gasteiger partial charge in [0.15, 0.2) is 16.6 Å². The van der Waals surface area contributed by atoms with Crippen molar-refractivity contribution in [2.24, 2.45) is 0 Å². The molecule has 1 unspecified atom stereocenters. The van der Waals surface area contributed by atoms with Crippen molar-refractivity contribution in [1.82, 2.24) is 4.98 Å².